The van der Waals surface area contributed by atoms with Gasteiger partial charge in [0.05, 0.1) is 39.4 Å². The molecule has 2 aromatic rings. The van der Waals surface area contributed by atoms with E-state index >= 15 is 0 Å². The number of amides is 2. The van der Waals surface area contributed by atoms with Crippen LogP contribution in [0.2, 0.25) is 0 Å². The van der Waals surface area contributed by atoms with Crippen molar-refractivity contribution in [3.8, 4) is 11.5 Å². The summed E-state index contributed by atoms with van der Waals surface area (Å²) in [5, 5.41) is 5.07. The quantitative estimate of drug-likeness (QED) is 0.683. The van der Waals surface area contributed by atoms with Crippen molar-refractivity contribution in [1.82, 2.24) is 15.1 Å². The first-order valence-electron chi connectivity index (χ1n) is 10.7. The van der Waals surface area contributed by atoms with Crippen molar-refractivity contribution in [3.63, 3.8) is 0 Å². The fraction of sp³-hybridized carbons (Fsp3) is 0.478. The minimum Gasteiger partial charge on any atom is -0.493 e. The van der Waals surface area contributed by atoms with E-state index in [4.69, 9.17) is 14.2 Å². The predicted octanol–water partition coefficient (Wildman–Crippen LogP) is 2.12. The number of rotatable bonds is 7. The molecule has 9 heteroatoms. The zero-order valence-electron chi connectivity index (χ0n) is 18.6. The highest BCUT2D eigenvalue weighted by atomic mass is 32.1. The van der Waals surface area contributed by atoms with Crippen molar-refractivity contribution in [2.24, 2.45) is 0 Å². The standard InChI is InChI=1S/C23H29N3O5S/c1-25-21(19-5-4-12-32-19)20(22(27)24-6-7-26-8-10-31-11-9-26)15-13-17(29-2)18(30-3)14-16(15)23(25)28/h4-5,12-14,20-21H,6-11H2,1-3H3,(H,24,27). The lowest BCUT2D eigenvalue weighted by Gasteiger charge is -2.39. The first kappa shape index (κ1) is 22.6. The number of ether oxygens (including phenoxy) is 3. The Morgan fingerprint density at radius 1 is 1.22 bits per heavy atom. The molecule has 2 amide bonds. The smallest absolute Gasteiger partial charge is 0.254 e. The lowest BCUT2D eigenvalue weighted by molar-refractivity contribution is -0.124. The van der Waals surface area contributed by atoms with Crippen LogP contribution in [0.1, 0.15) is 32.8 Å². The highest BCUT2D eigenvalue weighted by molar-refractivity contribution is 7.10. The van der Waals surface area contributed by atoms with Crippen LogP contribution >= 0.6 is 11.3 Å². The summed E-state index contributed by atoms with van der Waals surface area (Å²) in [4.78, 5) is 31.7. The third-order valence-corrected chi connectivity index (χ3v) is 7.07. The van der Waals surface area contributed by atoms with Gasteiger partial charge in [0.2, 0.25) is 5.91 Å². The molecule has 2 aliphatic heterocycles. The van der Waals surface area contributed by atoms with Gasteiger partial charge in [0.15, 0.2) is 11.5 Å². The van der Waals surface area contributed by atoms with Gasteiger partial charge < -0.3 is 24.4 Å². The molecule has 2 atom stereocenters. The maximum Gasteiger partial charge on any atom is 0.254 e. The average Bonchev–Trinajstić information content (AvgIpc) is 3.35. The van der Waals surface area contributed by atoms with Crippen LogP contribution in [0.25, 0.3) is 0 Å². The molecule has 0 aliphatic carbocycles. The van der Waals surface area contributed by atoms with E-state index in [9.17, 15) is 9.59 Å². The second-order valence-electron chi connectivity index (χ2n) is 7.89. The monoisotopic (exact) mass is 459 g/mol. The van der Waals surface area contributed by atoms with Crippen LogP contribution in [0.3, 0.4) is 0 Å². The maximum absolute atomic E-state index is 13.6. The highest BCUT2D eigenvalue weighted by Gasteiger charge is 2.44. The Balaban J connectivity index is 1.66. The van der Waals surface area contributed by atoms with Gasteiger partial charge in [-0.25, -0.2) is 0 Å². The fourth-order valence-electron chi connectivity index (χ4n) is 4.42. The topological polar surface area (TPSA) is 80.3 Å². The van der Waals surface area contributed by atoms with Crippen molar-refractivity contribution in [2.75, 3.05) is 60.7 Å². The van der Waals surface area contributed by atoms with Crippen LogP contribution in [-0.4, -0.2) is 82.3 Å². The Labute approximate surface area is 192 Å². The molecular weight excluding hydrogens is 430 g/mol. The maximum atomic E-state index is 13.6. The number of methoxy groups -OCH3 is 2. The van der Waals surface area contributed by atoms with E-state index in [-0.39, 0.29) is 11.8 Å². The van der Waals surface area contributed by atoms with Gasteiger partial charge in [-0.3, -0.25) is 14.5 Å². The first-order chi connectivity index (χ1) is 15.5. The summed E-state index contributed by atoms with van der Waals surface area (Å²) in [6.07, 6.45) is 0. The van der Waals surface area contributed by atoms with Gasteiger partial charge >= 0.3 is 0 Å². The van der Waals surface area contributed by atoms with Gasteiger partial charge in [0, 0.05) is 43.7 Å². The van der Waals surface area contributed by atoms with Crippen molar-refractivity contribution in [2.45, 2.75) is 12.0 Å². The van der Waals surface area contributed by atoms with Gasteiger partial charge in [-0.15, -0.1) is 11.3 Å². The summed E-state index contributed by atoms with van der Waals surface area (Å²) < 4.78 is 16.3. The SMILES string of the molecule is COc1cc2c(cc1OC)C(C(=O)NCCN1CCOCC1)C(c1cccs1)N(C)C2=O. The number of benzene rings is 1. The molecule has 1 aromatic carbocycles. The van der Waals surface area contributed by atoms with Gasteiger partial charge in [-0.05, 0) is 29.1 Å². The summed E-state index contributed by atoms with van der Waals surface area (Å²) in [5.41, 5.74) is 1.12. The lowest BCUT2D eigenvalue weighted by atomic mass is 9.81. The Morgan fingerprint density at radius 3 is 2.59 bits per heavy atom. The minimum absolute atomic E-state index is 0.107. The van der Waals surface area contributed by atoms with Gasteiger partial charge in [-0.2, -0.15) is 0 Å². The molecule has 1 saturated heterocycles. The van der Waals surface area contributed by atoms with Gasteiger partial charge in [0.1, 0.15) is 0 Å². The lowest BCUT2D eigenvalue weighted by Crippen LogP contribution is -2.47. The summed E-state index contributed by atoms with van der Waals surface area (Å²) in [7, 11) is 4.83. The molecule has 1 aromatic heterocycles. The summed E-state index contributed by atoms with van der Waals surface area (Å²) in [5.74, 6) is 0.158. The van der Waals surface area contributed by atoms with E-state index in [1.807, 2.05) is 17.5 Å². The Hall–Kier alpha value is -2.62. The van der Waals surface area contributed by atoms with Gasteiger partial charge in [0.25, 0.3) is 5.91 Å². The number of fused-ring (bicyclic) bond motifs is 1. The van der Waals surface area contributed by atoms with Crippen molar-refractivity contribution >= 4 is 23.2 Å². The molecule has 0 spiro atoms. The normalized spacial score (nSPS) is 21.2. The Kier molecular flexibility index (Phi) is 6.98. The number of nitrogens with one attached hydrogen (secondary N) is 1. The predicted molar refractivity (Wildman–Crippen MR) is 122 cm³/mol. The largest absolute Gasteiger partial charge is 0.493 e. The Morgan fingerprint density at radius 2 is 1.94 bits per heavy atom. The number of nitrogens with zero attached hydrogens (tertiary/aromatic N) is 2. The molecule has 172 valence electrons. The molecule has 3 heterocycles. The van der Waals surface area contributed by atoms with E-state index in [2.05, 4.69) is 10.2 Å². The van der Waals surface area contributed by atoms with E-state index in [0.29, 0.717) is 29.2 Å². The second-order valence-corrected chi connectivity index (χ2v) is 8.87. The summed E-state index contributed by atoms with van der Waals surface area (Å²) >= 11 is 1.54. The number of thiophene rings is 1. The Bertz CT molecular complexity index is 959. The highest BCUT2D eigenvalue weighted by Crippen LogP contribution is 2.46. The van der Waals surface area contributed by atoms with E-state index in [0.717, 1.165) is 37.7 Å². The van der Waals surface area contributed by atoms with Crippen LogP contribution in [0.4, 0.5) is 0 Å². The van der Waals surface area contributed by atoms with Crippen LogP contribution in [-0.2, 0) is 9.53 Å². The fourth-order valence-corrected chi connectivity index (χ4v) is 5.32. The summed E-state index contributed by atoms with van der Waals surface area (Å²) in [6.45, 7) is 4.48. The van der Waals surface area contributed by atoms with Crippen molar-refractivity contribution in [3.05, 3.63) is 45.6 Å². The molecule has 2 aliphatic rings. The molecule has 0 bridgehead atoms. The summed E-state index contributed by atoms with van der Waals surface area (Å²) in [6, 6.07) is 6.96. The molecular formula is C23H29N3O5S. The first-order valence-corrected chi connectivity index (χ1v) is 11.6. The number of hydrogen-bond acceptors (Lipinski definition) is 7. The molecule has 2 unspecified atom stereocenters. The second kappa shape index (κ2) is 9.89. The van der Waals surface area contributed by atoms with Crippen molar-refractivity contribution < 1.29 is 23.8 Å². The molecule has 4 rings (SSSR count). The van der Waals surface area contributed by atoms with E-state index in [1.165, 1.54) is 7.11 Å². The molecule has 1 fully saturated rings. The number of carbonyl (C=O) groups is 2. The number of carbonyl (C=O) groups excluding carboxylic acids is 2. The molecule has 32 heavy (non-hydrogen) atoms. The third kappa shape index (κ3) is 4.32. The molecule has 0 saturated carbocycles. The van der Waals surface area contributed by atoms with E-state index < -0.39 is 12.0 Å². The minimum atomic E-state index is -0.559. The number of hydrogen-bond donors (Lipinski definition) is 1. The third-order valence-electron chi connectivity index (χ3n) is 6.12. The van der Waals surface area contributed by atoms with Crippen LogP contribution in [0.15, 0.2) is 29.6 Å². The van der Waals surface area contributed by atoms with Crippen LogP contribution < -0.4 is 14.8 Å². The molecule has 1 N–H and O–H groups in total. The van der Waals surface area contributed by atoms with E-state index in [1.54, 1.807) is 42.5 Å². The number of likely N-dealkylation sites (N-methyl/N-ethyl adjacent to an activating group) is 1. The molecule has 8 nitrogen and oxygen atoms in total. The average molecular weight is 460 g/mol. The van der Waals surface area contributed by atoms with Gasteiger partial charge in [-0.1, -0.05) is 6.07 Å². The molecule has 0 radical (unpaired) electrons. The van der Waals surface area contributed by atoms with Crippen molar-refractivity contribution in [1.29, 1.82) is 0 Å². The van der Waals surface area contributed by atoms with Crippen LogP contribution in [0, 0.1) is 0 Å². The zero-order chi connectivity index (χ0) is 22.7. The van der Waals surface area contributed by atoms with Crippen LogP contribution in [0.5, 0.6) is 11.5 Å². The zero-order valence-corrected chi connectivity index (χ0v) is 19.4. The number of morpholine rings is 1.